The Bertz CT molecular complexity index is 884. The van der Waals surface area contributed by atoms with Crippen LogP contribution in [0.4, 0.5) is 5.82 Å². The van der Waals surface area contributed by atoms with Crippen molar-refractivity contribution >= 4 is 23.0 Å². The Morgan fingerprint density at radius 3 is 2.50 bits per heavy atom. The van der Waals surface area contributed by atoms with Gasteiger partial charge in [0.15, 0.2) is 22.7 Å². The van der Waals surface area contributed by atoms with Crippen LogP contribution in [-0.2, 0) is 18.8 Å². The number of ether oxygens (including phenoxy) is 1. The number of hydrogen-bond donors (Lipinski definition) is 1. The molecule has 0 aromatic carbocycles. The van der Waals surface area contributed by atoms with Crippen molar-refractivity contribution < 1.29 is 9.53 Å². The van der Waals surface area contributed by atoms with Gasteiger partial charge in [0.05, 0.1) is 6.61 Å². The van der Waals surface area contributed by atoms with Crippen LogP contribution < -0.4 is 16.6 Å². The SMILES string of the molecule is CCCCNc1nc2c(nc1C(=O)OCC)c(=O)n(C)c(=O)n2C. The summed E-state index contributed by atoms with van der Waals surface area (Å²) in [6, 6.07) is 0. The number of nitrogens with zero attached hydrogens (tertiary/aromatic N) is 4. The molecule has 0 aliphatic rings. The zero-order chi connectivity index (χ0) is 17.9. The van der Waals surface area contributed by atoms with Crippen LogP contribution in [0, 0.1) is 0 Å². The van der Waals surface area contributed by atoms with Gasteiger partial charge in [0.25, 0.3) is 5.56 Å². The van der Waals surface area contributed by atoms with E-state index in [0.717, 1.165) is 17.4 Å². The van der Waals surface area contributed by atoms with Crippen molar-refractivity contribution in [3.63, 3.8) is 0 Å². The summed E-state index contributed by atoms with van der Waals surface area (Å²) < 4.78 is 7.14. The van der Waals surface area contributed by atoms with Gasteiger partial charge in [0, 0.05) is 20.6 Å². The number of fused-ring (bicyclic) bond motifs is 1. The van der Waals surface area contributed by atoms with E-state index in [1.807, 2.05) is 6.92 Å². The van der Waals surface area contributed by atoms with Crippen molar-refractivity contribution in [2.24, 2.45) is 14.1 Å². The van der Waals surface area contributed by atoms with Crippen molar-refractivity contribution in [2.75, 3.05) is 18.5 Å². The minimum Gasteiger partial charge on any atom is -0.461 e. The topological polar surface area (TPSA) is 108 Å². The molecule has 2 aromatic rings. The van der Waals surface area contributed by atoms with Crippen LogP contribution >= 0.6 is 0 Å². The molecule has 0 aliphatic carbocycles. The van der Waals surface area contributed by atoms with Gasteiger partial charge in [0.1, 0.15) is 0 Å². The molecule has 130 valence electrons. The molecule has 9 nitrogen and oxygen atoms in total. The van der Waals surface area contributed by atoms with Crippen molar-refractivity contribution in [2.45, 2.75) is 26.7 Å². The fourth-order valence-electron chi connectivity index (χ4n) is 2.21. The third-order valence-electron chi connectivity index (χ3n) is 3.57. The maximum atomic E-state index is 12.3. The lowest BCUT2D eigenvalue weighted by Crippen LogP contribution is -2.38. The Hall–Kier alpha value is -2.71. The summed E-state index contributed by atoms with van der Waals surface area (Å²) in [6.45, 7) is 4.48. The Labute approximate surface area is 138 Å². The molecule has 1 N–H and O–H groups in total. The molecule has 0 amide bonds. The summed E-state index contributed by atoms with van der Waals surface area (Å²) in [5.41, 5.74) is -1.11. The summed E-state index contributed by atoms with van der Waals surface area (Å²) in [5, 5.41) is 3.03. The van der Waals surface area contributed by atoms with Crippen molar-refractivity contribution in [1.82, 2.24) is 19.1 Å². The zero-order valence-electron chi connectivity index (χ0n) is 14.3. The van der Waals surface area contributed by atoms with Gasteiger partial charge in [0.2, 0.25) is 0 Å². The molecule has 2 aromatic heterocycles. The average molecular weight is 335 g/mol. The van der Waals surface area contributed by atoms with Crippen molar-refractivity contribution in [3.05, 3.63) is 26.5 Å². The first-order valence-corrected chi connectivity index (χ1v) is 7.81. The second kappa shape index (κ2) is 7.24. The van der Waals surface area contributed by atoms with Gasteiger partial charge in [-0.1, -0.05) is 13.3 Å². The van der Waals surface area contributed by atoms with E-state index in [9.17, 15) is 14.4 Å². The van der Waals surface area contributed by atoms with Gasteiger partial charge in [-0.3, -0.25) is 13.9 Å². The number of unbranched alkanes of at least 4 members (excludes halogenated alkanes) is 1. The van der Waals surface area contributed by atoms with Crippen molar-refractivity contribution in [3.8, 4) is 0 Å². The molecule has 0 radical (unpaired) electrons. The fourth-order valence-corrected chi connectivity index (χ4v) is 2.21. The first-order chi connectivity index (χ1) is 11.4. The molecule has 0 spiro atoms. The molecule has 0 bridgehead atoms. The van der Waals surface area contributed by atoms with E-state index in [-0.39, 0.29) is 29.3 Å². The lowest BCUT2D eigenvalue weighted by Gasteiger charge is -2.12. The first-order valence-electron chi connectivity index (χ1n) is 7.81. The van der Waals surface area contributed by atoms with Gasteiger partial charge in [-0.15, -0.1) is 0 Å². The van der Waals surface area contributed by atoms with Crippen molar-refractivity contribution in [1.29, 1.82) is 0 Å². The van der Waals surface area contributed by atoms with Crippen LogP contribution in [0.2, 0.25) is 0 Å². The number of esters is 1. The minimum atomic E-state index is -0.665. The summed E-state index contributed by atoms with van der Waals surface area (Å²) in [6.07, 6.45) is 1.83. The minimum absolute atomic E-state index is 0.0521. The van der Waals surface area contributed by atoms with E-state index >= 15 is 0 Å². The summed E-state index contributed by atoms with van der Waals surface area (Å²) in [4.78, 5) is 44.9. The molecular weight excluding hydrogens is 314 g/mol. The third-order valence-corrected chi connectivity index (χ3v) is 3.57. The molecule has 24 heavy (non-hydrogen) atoms. The maximum absolute atomic E-state index is 12.3. The van der Waals surface area contributed by atoms with E-state index in [1.165, 1.54) is 18.7 Å². The van der Waals surface area contributed by atoms with Crippen LogP contribution in [0.25, 0.3) is 11.2 Å². The van der Waals surface area contributed by atoms with Crippen LogP contribution in [0.3, 0.4) is 0 Å². The van der Waals surface area contributed by atoms with Gasteiger partial charge in [-0.25, -0.2) is 19.6 Å². The van der Waals surface area contributed by atoms with Crippen LogP contribution in [0.15, 0.2) is 9.59 Å². The number of aromatic nitrogens is 4. The van der Waals surface area contributed by atoms with Gasteiger partial charge in [-0.2, -0.15) is 0 Å². The summed E-state index contributed by atoms with van der Waals surface area (Å²) >= 11 is 0. The molecule has 0 fully saturated rings. The van der Waals surface area contributed by atoms with Crippen LogP contribution in [-0.4, -0.2) is 38.2 Å². The van der Waals surface area contributed by atoms with Gasteiger partial charge in [-0.05, 0) is 13.3 Å². The van der Waals surface area contributed by atoms with E-state index < -0.39 is 17.2 Å². The average Bonchev–Trinajstić information content (AvgIpc) is 2.58. The number of rotatable bonds is 6. The maximum Gasteiger partial charge on any atom is 0.360 e. The number of carbonyl (C=O) groups is 1. The molecule has 0 unspecified atom stereocenters. The monoisotopic (exact) mass is 335 g/mol. The highest BCUT2D eigenvalue weighted by Crippen LogP contribution is 2.15. The number of hydrogen-bond acceptors (Lipinski definition) is 7. The molecule has 0 saturated heterocycles. The molecule has 0 atom stereocenters. The molecule has 9 heteroatoms. The second-order valence-electron chi connectivity index (χ2n) is 5.30. The fraction of sp³-hybridized carbons (Fsp3) is 0.533. The molecule has 0 saturated carbocycles. The largest absolute Gasteiger partial charge is 0.461 e. The Kier molecular flexibility index (Phi) is 5.32. The third kappa shape index (κ3) is 3.15. The molecular formula is C15H21N5O4. The predicted octanol–water partition coefficient (Wildman–Crippen LogP) is 0.416. The predicted molar refractivity (Wildman–Crippen MR) is 89.4 cm³/mol. The standard InChI is InChI=1S/C15H21N5O4/c1-5-7-8-16-11-9(14(22)24-6-2)17-10-12(18-11)19(3)15(23)20(4)13(10)21/h5-8H2,1-4H3,(H,16,18). The highest BCUT2D eigenvalue weighted by Gasteiger charge is 2.21. The molecule has 0 aliphatic heterocycles. The Balaban J connectivity index is 2.72. The lowest BCUT2D eigenvalue weighted by molar-refractivity contribution is 0.0520. The molecule has 2 heterocycles. The van der Waals surface area contributed by atoms with Gasteiger partial charge >= 0.3 is 11.7 Å². The zero-order valence-corrected chi connectivity index (χ0v) is 14.3. The van der Waals surface area contributed by atoms with E-state index in [4.69, 9.17) is 4.74 Å². The number of aryl methyl sites for hydroxylation is 1. The van der Waals surface area contributed by atoms with Crippen LogP contribution in [0.5, 0.6) is 0 Å². The lowest BCUT2D eigenvalue weighted by atomic mass is 10.3. The Morgan fingerprint density at radius 2 is 1.88 bits per heavy atom. The van der Waals surface area contributed by atoms with E-state index in [2.05, 4.69) is 15.3 Å². The van der Waals surface area contributed by atoms with E-state index in [0.29, 0.717) is 6.54 Å². The highest BCUT2D eigenvalue weighted by atomic mass is 16.5. The number of nitrogens with one attached hydrogen (secondary N) is 1. The quantitative estimate of drug-likeness (QED) is 0.602. The normalized spacial score (nSPS) is 10.8. The highest BCUT2D eigenvalue weighted by molar-refractivity contribution is 5.94. The van der Waals surface area contributed by atoms with E-state index in [1.54, 1.807) is 6.92 Å². The first kappa shape index (κ1) is 17.6. The van der Waals surface area contributed by atoms with Crippen LogP contribution in [0.1, 0.15) is 37.2 Å². The Morgan fingerprint density at radius 1 is 1.17 bits per heavy atom. The number of anilines is 1. The summed E-state index contributed by atoms with van der Waals surface area (Å²) in [7, 11) is 2.85. The van der Waals surface area contributed by atoms with Gasteiger partial charge < -0.3 is 10.1 Å². The summed E-state index contributed by atoms with van der Waals surface area (Å²) in [5.74, 6) is -0.459. The molecule has 2 rings (SSSR count). The number of carbonyl (C=O) groups excluding carboxylic acids is 1. The second-order valence-corrected chi connectivity index (χ2v) is 5.30. The smallest absolute Gasteiger partial charge is 0.360 e.